The summed E-state index contributed by atoms with van der Waals surface area (Å²) in [4.78, 5) is 28.8. The fourth-order valence-corrected chi connectivity index (χ4v) is 2.56. The van der Waals surface area contributed by atoms with Gasteiger partial charge in [0.15, 0.2) is 0 Å². The summed E-state index contributed by atoms with van der Waals surface area (Å²) >= 11 is 0. The smallest absolute Gasteiger partial charge is 0.345 e. The summed E-state index contributed by atoms with van der Waals surface area (Å²) in [6.45, 7) is 4.21. The first-order valence-corrected chi connectivity index (χ1v) is 9.28. The molecule has 3 aromatic rings. The zero-order valence-corrected chi connectivity index (χ0v) is 16.3. The molecule has 1 N–H and O–H groups in total. The topological polar surface area (TPSA) is 77.5 Å². The lowest BCUT2D eigenvalue weighted by molar-refractivity contribution is 0.0732. The maximum Gasteiger partial charge on any atom is 0.345 e. The van der Waals surface area contributed by atoms with E-state index in [2.05, 4.69) is 10.3 Å². The molecule has 6 nitrogen and oxygen atoms in total. The number of carbonyl (C=O) groups excluding carboxylic acids is 2. The Morgan fingerprint density at radius 2 is 1.76 bits per heavy atom. The number of pyridine rings is 1. The second kappa shape index (κ2) is 9.50. The van der Waals surface area contributed by atoms with Gasteiger partial charge in [0.25, 0.3) is 5.91 Å². The van der Waals surface area contributed by atoms with Crippen LogP contribution in [0.25, 0.3) is 0 Å². The van der Waals surface area contributed by atoms with Crippen molar-refractivity contribution in [1.82, 2.24) is 10.3 Å². The van der Waals surface area contributed by atoms with Crippen LogP contribution in [-0.2, 0) is 6.54 Å². The van der Waals surface area contributed by atoms with Gasteiger partial charge in [-0.3, -0.25) is 4.79 Å². The first-order chi connectivity index (χ1) is 14.0. The molecular formula is C23H22N2O4. The lowest BCUT2D eigenvalue weighted by atomic mass is 10.2. The average Bonchev–Trinajstić information content (AvgIpc) is 2.73. The van der Waals surface area contributed by atoms with Gasteiger partial charge in [-0.2, -0.15) is 0 Å². The number of esters is 1. The molecule has 6 heteroatoms. The van der Waals surface area contributed by atoms with Gasteiger partial charge < -0.3 is 14.8 Å². The van der Waals surface area contributed by atoms with Gasteiger partial charge in [0.1, 0.15) is 5.75 Å². The van der Waals surface area contributed by atoms with Crippen LogP contribution in [-0.4, -0.2) is 23.0 Å². The number of nitrogens with zero attached hydrogens (tertiary/aromatic N) is 1. The van der Waals surface area contributed by atoms with Gasteiger partial charge in [-0.1, -0.05) is 36.4 Å². The third kappa shape index (κ3) is 5.90. The minimum Gasteiger partial charge on any atom is -0.475 e. The summed E-state index contributed by atoms with van der Waals surface area (Å²) in [6, 6.07) is 19.3. The quantitative estimate of drug-likeness (QED) is 0.487. The molecule has 0 aliphatic rings. The van der Waals surface area contributed by atoms with E-state index in [1.165, 1.54) is 12.3 Å². The number of hydrogen-bond donors (Lipinski definition) is 1. The number of aromatic nitrogens is 1. The zero-order chi connectivity index (χ0) is 20.6. The number of rotatable bonds is 7. The molecule has 0 unspecified atom stereocenters. The summed E-state index contributed by atoms with van der Waals surface area (Å²) in [5.74, 6) is -0.0856. The van der Waals surface area contributed by atoms with Crippen molar-refractivity contribution in [2.45, 2.75) is 26.5 Å². The summed E-state index contributed by atoms with van der Waals surface area (Å²) in [6.07, 6.45) is 1.40. The Kier molecular flexibility index (Phi) is 6.58. The van der Waals surface area contributed by atoms with Crippen LogP contribution < -0.4 is 14.8 Å². The van der Waals surface area contributed by atoms with Crippen molar-refractivity contribution in [2.75, 3.05) is 0 Å². The van der Waals surface area contributed by atoms with Crippen molar-refractivity contribution in [3.05, 3.63) is 89.6 Å². The molecule has 3 rings (SSSR count). The Hall–Kier alpha value is -3.67. The van der Waals surface area contributed by atoms with E-state index < -0.39 is 5.97 Å². The molecule has 0 atom stereocenters. The second-order valence-corrected chi connectivity index (χ2v) is 6.64. The number of carbonyl (C=O) groups is 2. The minimum atomic E-state index is -0.560. The Labute approximate surface area is 169 Å². The van der Waals surface area contributed by atoms with Crippen molar-refractivity contribution in [3.63, 3.8) is 0 Å². The molecule has 2 aromatic carbocycles. The second-order valence-electron chi connectivity index (χ2n) is 6.64. The maximum atomic E-state index is 12.4. The molecule has 0 saturated carbocycles. The van der Waals surface area contributed by atoms with Crippen LogP contribution in [0.4, 0.5) is 0 Å². The average molecular weight is 390 g/mol. The first-order valence-electron chi connectivity index (χ1n) is 9.28. The van der Waals surface area contributed by atoms with Crippen molar-refractivity contribution in [3.8, 4) is 11.6 Å². The molecule has 1 amide bonds. The summed E-state index contributed by atoms with van der Waals surface area (Å²) in [7, 11) is 0. The molecule has 0 aliphatic carbocycles. The molecule has 1 aromatic heterocycles. The van der Waals surface area contributed by atoms with Crippen molar-refractivity contribution in [1.29, 1.82) is 0 Å². The molecule has 1 heterocycles. The third-order valence-corrected chi connectivity index (χ3v) is 3.93. The highest BCUT2D eigenvalue weighted by atomic mass is 16.5. The third-order valence-electron chi connectivity index (χ3n) is 3.93. The van der Waals surface area contributed by atoms with Gasteiger partial charge in [0, 0.05) is 24.4 Å². The maximum absolute atomic E-state index is 12.4. The fourth-order valence-electron chi connectivity index (χ4n) is 2.56. The lowest BCUT2D eigenvalue weighted by Gasteiger charge is -2.09. The van der Waals surface area contributed by atoms with Gasteiger partial charge in [-0.05, 0) is 43.7 Å². The Morgan fingerprint density at radius 1 is 0.966 bits per heavy atom. The van der Waals surface area contributed by atoms with E-state index in [9.17, 15) is 9.59 Å². The van der Waals surface area contributed by atoms with Gasteiger partial charge in [-0.25, -0.2) is 9.78 Å². The van der Waals surface area contributed by atoms with Crippen LogP contribution in [0.3, 0.4) is 0 Å². The largest absolute Gasteiger partial charge is 0.475 e. The molecule has 0 radical (unpaired) electrons. The van der Waals surface area contributed by atoms with E-state index >= 15 is 0 Å². The molecule has 148 valence electrons. The summed E-state index contributed by atoms with van der Waals surface area (Å²) in [5, 5.41) is 2.85. The van der Waals surface area contributed by atoms with Crippen LogP contribution in [0.1, 0.15) is 40.1 Å². The lowest BCUT2D eigenvalue weighted by Crippen LogP contribution is -2.22. The molecule has 0 spiro atoms. The molecule has 0 bridgehead atoms. The highest BCUT2D eigenvalue weighted by Gasteiger charge is 2.12. The highest BCUT2D eigenvalue weighted by Crippen LogP contribution is 2.16. The highest BCUT2D eigenvalue weighted by molar-refractivity contribution is 5.95. The zero-order valence-electron chi connectivity index (χ0n) is 16.3. The van der Waals surface area contributed by atoms with Crippen LogP contribution in [0.5, 0.6) is 11.6 Å². The molecule has 0 saturated heterocycles. The standard InChI is InChI=1S/C23H22N2O4/c1-16(2)28-21-12-11-19(15-24-21)23(27)29-20-10-6-9-18(13-20)22(26)25-14-17-7-4-3-5-8-17/h3-13,15-16H,14H2,1-2H3,(H,25,26). The Bertz CT molecular complexity index is 970. The van der Waals surface area contributed by atoms with E-state index in [4.69, 9.17) is 9.47 Å². The number of hydrogen-bond acceptors (Lipinski definition) is 5. The van der Waals surface area contributed by atoms with Gasteiger partial charge in [0.2, 0.25) is 5.88 Å². The van der Waals surface area contributed by atoms with E-state index in [1.807, 2.05) is 44.2 Å². The van der Waals surface area contributed by atoms with Crippen LogP contribution in [0.15, 0.2) is 72.9 Å². The molecule has 0 aliphatic heterocycles. The first kappa shape index (κ1) is 20.1. The van der Waals surface area contributed by atoms with E-state index in [0.29, 0.717) is 23.6 Å². The van der Waals surface area contributed by atoms with Crippen LogP contribution in [0, 0.1) is 0 Å². The van der Waals surface area contributed by atoms with E-state index in [1.54, 1.807) is 30.3 Å². The van der Waals surface area contributed by atoms with Crippen LogP contribution >= 0.6 is 0 Å². The Balaban J connectivity index is 1.61. The predicted octanol–water partition coefficient (Wildman–Crippen LogP) is 4.02. The number of nitrogens with one attached hydrogen (secondary N) is 1. The van der Waals surface area contributed by atoms with Crippen molar-refractivity contribution < 1.29 is 19.1 Å². The SMILES string of the molecule is CC(C)Oc1ccc(C(=O)Oc2cccc(C(=O)NCc3ccccc3)c2)cn1. The van der Waals surface area contributed by atoms with Crippen molar-refractivity contribution in [2.24, 2.45) is 0 Å². The molecule has 29 heavy (non-hydrogen) atoms. The van der Waals surface area contributed by atoms with E-state index in [0.717, 1.165) is 5.56 Å². The number of amides is 1. The van der Waals surface area contributed by atoms with Crippen LogP contribution in [0.2, 0.25) is 0 Å². The normalized spacial score (nSPS) is 10.4. The van der Waals surface area contributed by atoms with Gasteiger partial charge in [0.05, 0.1) is 11.7 Å². The van der Waals surface area contributed by atoms with Gasteiger partial charge in [-0.15, -0.1) is 0 Å². The Morgan fingerprint density at radius 3 is 2.45 bits per heavy atom. The minimum absolute atomic E-state index is 0.00363. The molecular weight excluding hydrogens is 368 g/mol. The molecule has 0 fully saturated rings. The number of ether oxygens (including phenoxy) is 2. The monoisotopic (exact) mass is 390 g/mol. The van der Waals surface area contributed by atoms with Gasteiger partial charge >= 0.3 is 5.97 Å². The summed E-state index contributed by atoms with van der Waals surface area (Å²) < 4.78 is 10.8. The summed E-state index contributed by atoms with van der Waals surface area (Å²) in [5.41, 5.74) is 1.70. The predicted molar refractivity (Wildman–Crippen MR) is 109 cm³/mol. The fraction of sp³-hybridized carbons (Fsp3) is 0.174. The van der Waals surface area contributed by atoms with E-state index in [-0.39, 0.29) is 17.8 Å². The number of benzene rings is 2. The van der Waals surface area contributed by atoms with Crippen molar-refractivity contribution >= 4 is 11.9 Å².